The van der Waals surface area contributed by atoms with Crippen LogP contribution in [-0.4, -0.2) is 4.98 Å². The van der Waals surface area contributed by atoms with Crippen LogP contribution >= 0.6 is 15.9 Å². The predicted molar refractivity (Wildman–Crippen MR) is 63.1 cm³/mol. The zero-order valence-corrected chi connectivity index (χ0v) is 10.5. The summed E-state index contributed by atoms with van der Waals surface area (Å²) in [6, 6.07) is 5.42. The maximum atomic E-state index is 13.4. The fourth-order valence-electron chi connectivity index (χ4n) is 1.27. The molecule has 0 aliphatic carbocycles. The summed E-state index contributed by atoms with van der Waals surface area (Å²) in [7, 11) is 0. The van der Waals surface area contributed by atoms with E-state index in [1.165, 1.54) is 30.5 Å². The molecule has 0 N–H and O–H groups in total. The van der Waals surface area contributed by atoms with Crippen molar-refractivity contribution in [3.05, 3.63) is 52.1 Å². The number of hydrogen-bond donors (Lipinski definition) is 0. The average Bonchev–Trinajstić information content (AvgIpc) is 2.27. The molecule has 0 spiro atoms. The highest BCUT2D eigenvalue weighted by atomic mass is 79.9. The van der Waals surface area contributed by atoms with Crippen LogP contribution in [0.25, 0.3) is 0 Å². The van der Waals surface area contributed by atoms with Gasteiger partial charge in [0.1, 0.15) is 11.6 Å². The fraction of sp³-hybridized carbons (Fsp3) is 0.0833. The van der Waals surface area contributed by atoms with Crippen molar-refractivity contribution in [2.24, 2.45) is 0 Å². The lowest BCUT2D eigenvalue weighted by molar-refractivity contribution is 0.421. The van der Waals surface area contributed by atoms with E-state index in [4.69, 9.17) is 4.74 Å². The monoisotopic (exact) mass is 299 g/mol. The van der Waals surface area contributed by atoms with Gasteiger partial charge < -0.3 is 4.74 Å². The van der Waals surface area contributed by atoms with Gasteiger partial charge in [0.05, 0.1) is 0 Å². The number of nitrogens with zero attached hydrogens (tertiary/aromatic N) is 1. The van der Waals surface area contributed by atoms with Crippen molar-refractivity contribution in [3.63, 3.8) is 0 Å². The van der Waals surface area contributed by atoms with Crippen molar-refractivity contribution < 1.29 is 13.5 Å². The summed E-state index contributed by atoms with van der Waals surface area (Å²) in [4.78, 5) is 3.79. The minimum atomic E-state index is -0.582. The van der Waals surface area contributed by atoms with Crippen LogP contribution in [0.4, 0.5) is 8.78 Å². The molecule has 17 heavy (non-hydrogen) atoms. The summed E-state index contributed by atoms with van der Waals surface area (Å²) >= 11 is 3.10. The Morgan fingerprint density at radius 3 is 2.59 bits per heavy atom. The molecule has 2 aromatic rings. The van der Waals surface area contributed by atoms with Crippen LogP contribution in [0.5, 0.6) is 11.6 Å². The number of aryl methyl sites for hydroxylation is 1. The van der Waals surface area contributed by atoms with E-state index in [0.717, 1.165) is 0 Å². The lowest BCUT2D eigenvalue weighted by atomic mass is 10.2. The van der Waals surface area contributed by atoms with E-state index in [2.05, 4.69) is 20.9 Å². The molecule has 0 fully saturated rings. The number of hydrogen-bond acceptors (Lipinski definition) is 2. The molecule has 0 aliphatic rings. The van der Waals surface area contributed by atoms with Gasteiger partial charge >= 0.3 is 0 Å². The number of ether oxygens (including phenoxy) is 1. The maximum absolute atomic E-state index is 13.4. The Hall–Kier alpha value is -1.49. The van der Waals surface area contributed by atoms with E-state index in [1.807, 2.05) is 0 Å². The minimum absolute atomic E-state index is 0.140. The summed E-state index contributed by atoms with van der Waals surface area (Å²) in [5.41, 5.74) is 0.431. The first kappa shape index (κ1) is 12.0. The van der Waals surface area contributed by atoms with Gasteiger partial charge in [0.15, 0.2) is 5.82 Å². The highest BCUT2D eigenvalue weighted by molar-refractivity contribution is 9.10. The van der Waals surface area contributed by atoms with Gasteiger partial charge in [0.2, 0.25) is 0 Å². The molecule has 0 aliphatic heterocycles. The van der Waals surface area contributed by atoms with Gasteiger partial charge in [-0.2, -0.15) is 0 Å². The molecule has 0 unspecified atom stereocenters. The van der Waals surface area contributed by atoms with Crippen molar-refractivity contribution >= 4 is 15.9 Å². The van der Waals surface area contributed by atoms with Crippen LogP contribution < -0.4 is 4.74 Å². The van der Waals surface area contributed by atoms with E-state index < -0.39 is 5.82 Å². The maximum Gasteiger partial charge on any atom is 0.255 e. The van der Waals surface area contributed by atoms with Crippen LogP contribution in [0.2, 0.25) is 0 Å². The Labute approximate surface area is 105 Å². The van der Waals surface area contributed by atoms with Gasteiger partial charge in [-0.25, -0.2) is 13.8 Å². The first-order chi connectivity index (χ1) is 8.06. The first-order valence-corrected chi connectivity index (χ1v) is 5.60. The third kappa shape index (κ3) is 2.79. The summed E-state index contributed by atoms with van der Waals surface area (Å²) in [5.74, 6) is -0.709. The molecule has 0 saturated heterocycles. The van der Waals surface area contributed by atoms with Crippen LogP contribution in [0.15, 0.2) is 34.9 Å². The highest BCUT2D eigenvalue weighted by Crippen LogP contribution is 2.25. The Morgan fingerprint density at radius 1 is 1.18 bits per heavy atom. The van der Waals surface area contributed by atoms with Crippen molar-refractivity contribution in [1.82, 2.24) is 4.98 Å². The van der Waals surface area contributed by atoms with Gasteiger partial charge in [-0.05, 0) is 52.7 Å². The topological polar surface area (TPSA) is 22.1 Å². The minimum Gasteiger partial charge on any atom is -0.436 e. The number of halogens is 3. The number of benzene rings is 1. The average molecular weight is 300 g/mol. The van der Waals surface area contributed by atoms with Crippen molar-refractivity contribution in [1.29, 1.82) is 0 Å². The Morgan fingerprint density at radius 2 is 1.94 bits per heavy atom. The van der Waals surface area contributed by atoms with Crippen molar-refractivity contribution in [2.75, 3.05) is 0 Å². The van der Waals surface area contributed by atoms with Gasteiger partial charge in [0, 0.05) is 10.7 Å². The quantitative estimate of drug-likeness (QED) is 0.828. The van der Waals surface area contributed by atoms with Gasteiger partial charge in [0.25, 0.3) is 5.88 Å². The van der Waals surface area contributed by atoms with E-state index >= 15 is 0 Å². The molecular weight excluding hydrogens is 292 g/mol. The number of aromatic nitrogens is 1. The standard InChI is InChI=1S/C12H8BrF2NO/c1-7-4-9(2-3-10(7)14)17-12-11(15)5-8(13)6-16-12/h2-6H,1H3. The largest absolute Gasteiger partial charge is 0.436 e. The fourth-order valence-corrected chi connectivity index (χ4v) is 1.57. The Bertz CT molecular complexity index is 560. The van der Waals surface area contributed by atoms with E-state index in [0.29, 0.717) is 15.8 Å². The highest BCUT2D eigenvalue weighted by Gasteiger charge is 2.08. The summed E-state index contributed by atoms with van der Waals surface area (Å²) in [6.07, 6.45) is 1.43. The predicted octanol–water partition coefficient (Wildman–Crippen LogP) is 4.22. The van der Waals surface area contributed by atoms with Crippen LogP contribution in [0, 0.1) is 18.6 Å². The SMILES string of the molecule is Cc1cc(Oc2ncc(Br)cc2F)ccc1F. The van der Waals surface area contributed by atoms with Gasteiger partial charge in [-0.3, -0.25) is 0 Å². The molecule has 5 heteroatoms. The molecular formula is C12H8BrF2NO. The number of rotatable bonds is 2. The Kier molecular flexibility index (Phi) is 3.38. The van der Waals surface area contributed by atoms with E-state index in [-0.39, 0.29) is 11.7 Å². The zero-order chi connectivity index (χ0) is 12.4. The molecule has 0 radical (unpaired) electrons. The number of pyridine rings is 1. The van der Waals surface area contributed by atoms with Crippen molar-refractivity contribution in [3.8, 4) is 11.6 Å². The zero-order valence-electron chi connectivity index (χ0n) is 8.88. The van der Waals surface area contributed by atoms with Gasteiger partial charge in [-0.15, -0.1) is 0 Å². The molecule has 1 aromatic heterocycles. The molecule has 2 rings (SSSR count). The molecule has 2 nitrogen and oxygen atoms in total. The lowest BCUT2D eigenvalue weighted by Gasteiger charge is -2.06. The lowest BCUT2D eigenvalue weighted by Crippen LogP contribution is -1.93. The molecule has 0 saturated carbocycles. The summed E-state index contributed by atoms with van der Waals surface area (Å²) < 4.78 is 32.2. The smallest absolute Gasteiger partial charge is 0.255 e. The molecule has 1 aromatic carbocycles. The summed E-state index contributed by atoms with van der Waals surface area (Å²) in [5, 5.41) is 0. The molecule has 0 amide bonds. The van der Waals surface area contributed by atoms with E-state index in [1.54, 1.807) is 6.92 Å². The van der Waals surface area contributed by atoms with Crippen LogP contribution in [0.1, 0.15) is 5.56 Å². The normalized spacial score (nSPS) is 10.4. The first-order valence-electron chi connectivity index (χ1n) is 4.81. The second-order valence-corrected chi connectivity index (χ2v) is 4.37. The Balaban J connectivity index is 2.28. The van der Waals surface area contributed by atoms with Gasteiger partial charge in [-0.1, -0.05) is 0 Å². The second kappa shape index (κ2) is 4.79. The van der Waals surface area contributed by atoms with Crippen LogP contribution in [0.3, 0.4) is 0 Å². The third-order valence-electron chi connectivity index (χ3n) is 2.12. The molecule has 0 bridgehead atoms. The molecule has 1 heterocycles. The molecule has 88 valence electrons. The molecule has 0 atom stereocenters. The van der Waals surface area contributed by atoms with Crippen molar-refractivity contribution in [2.45, 2.75) is 6.92 Å². The third-order valence-corrected chi connectivity index (χ3v) is 2.55. The van der Waals surface area contributed by atoms with E-state index in [9.17, 15) is 8.78 Å². The summed E-state index contributed by atoms with van der Waals surface area (Å²) in [6.45, 7) is 1.60. The van der Waals surface area contributed by atoms with Crippen LogP contribution in [-0.2, 0) is 0 Å². The second-order valence-electron chi connectivity index (χ2n) is 3.45.